The topological polar surface area (TPSA) is 99.9 Å². The van der Waals surface area contributed by atoms with Gasteiger partial charge in [0.25, 0.3) is 5.88 Å². The Morgan fingerprint density at radius 3 is 2.97 bits per heavy atom. The molecule has 0 spiro atoms. The van der Waals surface area contributed by atoms with E-state index in [0.29, 0.717) is 35.7 Å². The van der Waals surface area contributed by atoms with Crippen LogP contribution < -0.4 is 25.2 Å². The van der Waals surface area contributed by atoms with Crippen LogP contribution in [0.15, 0.2) is 24.7 Å². The largest absolute Gasteiger partial charge is 0.478 e. The fourth-order valence-corrected chi connectivity index (χ4v) is 4.39. The molecule has 2 amide bonds. The average Bonchev–Trinajstić information content (AvgIpc) is 3.35. The molecule has 2 aliphatic heterocycles. The summed E-state index contributed by atoms with van der Waals surface area (Å²) in [4.78, 5) is 30.5. The fourth-order valence-electron chi connectivity index (χ4n) is 4.39. The normalized spacial score (nSPS) is 18.4. The monoisotopic (exact) mass is 422 g/mol. The molecule has 31 heavy (non-hydrogen) atoms. The van der Waals surface area contributed by atoms with Crippen LogP contribution in [-0.4, -0.2) is 64.7 Å². The van der Waals surface area contributed by atoms with Crippen molar-refractivity contribution in [2.75, 3.05) is 48.4 Å². The Hall–Kier alpha value is -3.40. The van der Waals surface area contributed by atoms with E-state index in [9.17, 15) is 4.79 Å². The highest BCUT2D eigenvalue weighted by Crippen LogP contribution is 2.34. The first-order chi connectivity index (χ1) is 15.0. The predicted octanol–water partition coefficient (Wildman–Crippen LogP) is 1.83. The van der Waals surface area contributed by atoms with Crippen molar-refractivity contribution in [3.05, 3.63) is 35.9 Å². The Morgan fingerprint density at radius 2 is 2.16 bits per heavy atom. The van der Waals surface area contributed by atoms with Gasteiger partial charge in [0.15, 0.2) is 5.82 Å². The number of hydrogen-bond donors (Lipinski definition) is 2. The van der Waals surface area contributed by atoms with E-state index in [1.807, 2.05) is 13.1 Å². The summed E-state index contributed by atoms with van der Waals surface area (Å²) >= 11 is 0. The van der Waals surface area contributed by atoms with Gasteiger partial charge in [-0.25, -0.2) is 14.8 Å². The number of imidazole rings is 1. The number of fused-ring (bicyclic) bond motifs is 2. The second kappa shape index (κ2) is 7.69. The third kappa shape index (κ3) is 3.52. The van der Waals surface area contributed by atoms with E-state index in [-0.39, 0.29) is 6.03 Å². The summed E-state index contributed by atoms with van der Waals surface area (Å²) in [6, 6.07) is 2.23. The first-order valence-corrected chi connectivity index (χ1v) is 10.5. The van der Waals surface area contributed by atoms with Crippen molar-refractivity contribution in [3.63, 3.8) is 0 Å². The molecule has 5 rings (SSSR count). The highest BCUT2D eigenvalue weighted by atomic mass is 16.5. The number of aryl methyl sites for hydroxylation is 1. The van der Waals surface area contributed by atoms with Gasteiger partial charge in [-0.15, -0.1) is 0 Å². The molecule has 162 valence electrons. The van der Waals surface area contributed by atoms with Gasteiger partial charge in [-0.2, -0.15) is 4.98 Å². The van der Waals surface area contributed by atoms with Gasteiger partial charge in [-0.1, -0.05) is 0 Å². The molecule has 2 N–H and O–H groups in total. The van der Waals surface area contributed by atoms with Gasteiger partial charge in [0.1, 0.15) is 5.82 Å². The van der Waals surface area contributed by atoms with Gasteiger partial charge in [0, 0.05) is 55.9 Å². The predicted molar refractivity (Wildman–Crippen MR) is 118 cm³/mol. The number of nitrogens with one attached hydrogen (secondary N) is 2. The zero-order valence-corrected chi connectivity index (χ0v) is 17.9. The Morgan fingerprint density at radius 1 is 1.29 bits per heavy atom. The van der Waals surface area contributed by atoms with Gasteiger partial charge in [-0.3, -0.25) is 14.6 Å². The third-order valence-electron chi connectivity index (χ3n) is 5.76. The summed E-state index contributed by atoms with van der Waals surface area (Å²) in [7, 11) is 1.54. The Kier molecular flexibility index (Phi) is 4.85. The zero-order valence-electron chi connectivity index (χ0n) is 17.9. The highest BCUT2D eigenvalue weighted by Gasteiger charge is 2.30. The number of piperazine rings is 1. The van der Waals surface area contributed by atoms with Gasteiger partial charge in [0.05, 0.1) is 19.0 Å². The Bertz CT molecular complexity index is 1140. The molecule has 10 nitrogen and oxygen atoms in total. The SMILES string of the molecule is COc1nc(NC(=O)N2CCc3c(N4CCNC(C)C4)ccnc32)cn2cc(C)nc12. The van der Waals surface area contributed by atoms with Crippen LogP contribution in [-0.2, 0) is 6.42 Å². The standard InChI is InChI=1S/C21H26N8O2/c1-13-10-27(9-7-22-13)16-4-6-23-18-15(16)5-8-29(18)21(30)26-17-12-28-11-14(2)24-19(28)20(25-17)31-3/h4,6,11-13,22H,5,7-10H2,1-3H3,(H,26,30). The van der Waals surface area contributed by atoms with E-state index in [4.69, 9.17) is 4.74 Å². The van der Waals surface area contributed by atoms with Crippen LogP contribution in [0.3, 0.4) is 0 Å². The van der Waals surface area contributed by atoms with Gasteiger partial charge < -0.3 is 15.0 Å². The zero-order chi connectivity index (χ0) is 21.5. The van der Waals surface area contributed by atoms with E-state index >= 15 is 0 Å². The minimum Gasteiger partial charge on any atom is -0.478 e. The Balaban J connectivity index is 1.40. The van der Waals surface area contributed by atoms with Crippen LogP contribution in [0.2, 0.25) is 0 Å². The maximum atomic E-state index is 13.1. The fraction of sp³-hybridized carbons (Fsp3) is 0.429. The summed E-state index contributed by atoms with van der Waals surface area (Å²) in [5.41, 5.74) is 3.75. The van der Waals surface area contributed by atoms with E-state index in [1.54, 1.807) is 21.7 Å². The molecule has 0 radical (unpaired) electrons. The van der Waals surface area contributed by atoms with Crippen molar-refractivity contribution in [1.82, 2.24) is 24.7 Å². The lowest BCUT2D eigenvalue weighted by atomic mass is 10.1. The van der Waals surface area contributed by atoms with E-state index in [0.717, 1.165) is 37.3 Å². The molecule has 1 fully saturated rings. The number of urea groups is 1. The van der Waals surface area contributed by atoms with Crippen molar-refractivity contribution in [2.45, 2.75) is 26.3 Å². The molecule has 3 aromatic rings. The van der Waals surface area contributed by atoms with E-state index < -0.39 is 0 Å². The number of carbonyl (C=O) groups is 1. The molecule has 0 aromatic carbocycles. The molecular weight excluding hydrogens is 396 g/mol. The van der Waals surface area contributed by atoms with Crippen molar-refractivity contribution in [3.8, 4) is 5.88 Å². The van der Waals surface area contributed by atoms with Crippen LogP contribution in [0.5, 0.6) is 5.88 Å². The highest BCUT2D eigenvalue weighted by molar-refractivity contribution is 6.02. The maximum absolute atomic E-state index is 13.1. The summed E-state index contributed by atoms with van der Waals surface area (Å²) in [5, 5.41) is 6.36. The van der Waals surface area contributed by atoms with Crippen LogP contribution in [0, 0.1) is 6.92 Å². The number of amides is 2. The van der Waals surface area contributed by atoms with Crippen LogP contribution in [0.25, 0.3) is 5.65 Å². The number of pyridine rings is 1. The number of carbonyl (C=O) groups excluding carboxylic acids is 1. The lowest BCUT2D eigenvalue weighted by Crippen LogP contribution is -2.49. The summed E-state index contributed by atoms with van der Waals surface area (Å²) < 4.78 is 7.16. The third-order valence-corrected chi connectivity index (χ3v) is 5.76. The molecule has 10 heteroatoms. The van der Waals surface area contributed by atoms with Crippen LogP contribution in [0.1, 0.15) is 18.2 Å². The number of methoxy groups -OCH3 is 1. The number of hydrogen-bond acceptors (Lipinski definition) is 7. The minimum absolute atomic E-state index is 0.261. The molecule has 0 bridgehead atoms. The number of ether oxygens (including phenoxy) is 1. The summed E-state index contributed by atoms with van der Waals surface area (Å²) in [5.74, 6) is 1.47. The van der Waals surface area contributed by atoms with Crippen molar-refractivity contribution in [1.29, 1.82) is 0 Å². The lowest BCUT2D eigenvalue weighted by molar-refractivity contribution is 0.257. The van der Waals surface area contributed by atoms with Gasteiger partial charge in [0.2, 0.25) is 5.65 Å². The second-order valence-electron chi connectivity index (χ2n) is 8.01. The number of anilines is 3. The molecule has 0 saturated carbocycles. The number of rotatable bonds is 3. The molecule has 0 aliphatic carbocycles. The summed E-state index contributed by atoms with van der Waals surface area (Å²) in [6.07, 6.45) is 6.16. The first kappa shape index (κ1) is 19.6. The van der Waals surface area contributed by atoms with Crippen molar-refractivity contribution in [2.24, 2.45) is 0 Å². The molecule has 1 saturated heterocycles. The van der Waals surface area contributed by atoms with Crippen LogP contribution >= 0.6 is 0 Å². The molecule has 5 heterocycles. The van der Waals surface area contributed by atoms with E-state index in [1.165, 1.54) is 12.8 Å². The average molecular weight is 422 g/mol. The van der Waals surface area contributed by atoms with E-state index in [2.05, 4.69) is 43.5 Å². The summed E-state index contributed by atoms with van der Waals surface area (Å²) in [6.45, 7) is 7.50. The molecule has 2 aliphatic rings. The van der Waals surface area contributed by atoms with Crippen molar-refractivity contribution >= 4 is 29.0 Å². The molecule has 3 aromatic heterocycles. The van der Waals surface area contributed by atoms with Gasteiger partial charge in [-0.05, 0) is 26.3 Å². The van der Waals surface area contributed by atoms with Gasteiger partial charge >= 0.3 is 6.03 Å². The quantitative estimate of drug-likeness (QED) is 0.664. The minimum atomic E-state index is -0.261. The molecule has 1 unspecified atom stereocenters. The van der Waals surface area contributed by atoms with Crippen molar-refractivity contribution < 1.29 is 9.53 Å². The smallest absolute Gasteiger partial charge is 0.328 e. The number of nitrogens with zero attached hydrogens (tertiary/aromatic N) is 6. The maximum Gasteiger partial charge on any atom is 0.328 e. The lowest BCUT2D eigenvalue weighted by Gasteiger charge is -2.34. The number of aromatic nitrogens is 4. The Labute approximate surface area is 180 Å². The first-order valence-electron chi connectivity index (χ1n) is 10.5. The van der Waals surface area contributed by atoms with Crippen LogP contribution in [0.4, 0.5) is 22.1 Å². The molecular formula is C21H26N8O2. The molecule has 1 atom stereocenters. The second-order valence-corrected chi connectivity index (χ2v) is 8.01.